The minimum Gasteiger partial charge on any atom is -0.462 e. The Morgan fingerprint density at radius 2 is 2.09 bits per heavy atom. The van der Waals surface area contributed by atoms with Gasteiger partial charge in [-0.2, -0.15) is 0 Å². The lowest BCUT2D eigenvalue weighted by molar-refractivity contribution is -0.141. The predicted octanol–water partition coefficient (Wildman–Crippen LogP) is 1.85. The molecule has 22 heavy (non-hydrogen) atoms. The first-order valence-corrected chi connectivity index (χ1v) is 7.91. The molecule has 0 amide bonds. The third-order valence-electron chi connectivity index (χ3n) is 4.70. The number of aliphatic hydroxyl groups is 2. The van der Waals surface area contributed by atoms with Crippen molar-refractivity contribution < 1.29 is 19.7 Å². The van der Waals surface area contributed by atoms with Gasteiger partial charge in [-0.15, -0.1) is 0 Å². The van der Waals surface area contributed by atoms with Crippen LogP contribution in [0.1, 0.15) is 24.8 Å². The average Bonchev–Trinajstić information content (AvgIpc) is 2.99. The van der Waals surface area contributed by atoms with Gasteiger partial charge in [0.25, 0.3) is 0 Å². The van der Waals surface area contributed by atoms with E-state index in [-0.39, 0.29) is 23.9 Å². The van der Waals surface area contributed by atoms with E-state index >= 15 is 0 Å². The summed E-state index contributed by atoms with van der Waals surface area (Å²) in [6.07, 6.45) is 4.78. The second kappa shape index (κ2) is 6.63. The van der Waals surface area contributed by atoms with Gasteiger partial charge in [-0.25, -0.2) is 0 Å². The molecular formula is C18H22O4. The quantitative estimate of drug-likeness (QED) is 0.643. The molecular weight excluding hydrogens is 280 g/mol. The van der Waals surface area contributed by atoms with E-state index in [1.165, 1.54) is 5.56 Å². The van der Waals surface area contributed by atoms with Gasteiger partial charge in [0.2, 0.25) is 0 Å². The number of rotatable bonds is 5. The summed E-state index contributed by atoms with van der Waals surface area (Å²) in [5, 5.41) is 20.2. The maximum absolute atomic E-state index is 11.3. The highest BCUT2D eigenvalue weighted by atomic mass is 16.6. The number of fused-ring (bicyclic) bond motifs is 1. The number of benzene rings is 1. The maximum Gasteiger partial charge on any atom is 0.306 e. The molecule has 3 rings (SSSR count). The first-order valence-electron chi connectivity index (χ1n) is 7.91. The Hall–Kier alpha value is -1.65. The van der Waals surface area contributed by atoms with Crippen molar-refractivity contribution in [2.24, 2.45) is 11.8 Å². The van der Waals surface area contributed by atoms with Crippen LogP contribution in [0.2, 0.25) is 0 Å². The van der Waals surface area contributed by atoms with E-state index < -0.39 is 12.2 Å². The van der Waals surface area contributed by atoms with Crippen molar-refractivity contribution in [1.82, 2.24) is 0 Å². The molecule has 0 bridgehead atoms. The fourth-order valence-corrected chi connectivity index (χ4v) is 3.50. The van der Waals surface area contributed by atoms with E-state index in [4.69, 9.17) is 4.74 Å². The molecule has 1 aliphatic heterocycles. The Balaban J connectivity index is 1.53. The monoisotopic (exact) mass is 302 g/mol. The van der Waals surface area contributed by atoms with Crippen molar-refractivity contribution >= 4 is 5.97 Å². The summed E-state index contributed by atoms with van der Waals surface area (Å²) < 4.78 is 5.20. The summed E-state index contributed by atoms with van der Waals surface area (Å²) in [7, 11) is 0. The summed E-state index contributed by atoms with van der Waals surface area (Å²) >= 11 is 0. The highest BCUT2D eigenvalue weighted by Crippen LogP contribution is 2.42. The van der Waals surface area contributed by atoms with E-state index in [9.17, 15) is 15.0 Å². The van der Waals surface area contributed by atoms with Gasteiger partial charge in [0.05, 0.1) is 18.6 Å². The van der Waals surface area contributed by atoms with E-state index in [0.717, 1.165) is 6.42 Å². The van der Waals surface area contributed by atoms with Crippen LogP contribution in [-0.4, -0.2) is 34.5 Å². The standard InChI is InChI=1S/C18H22O4/c19-13(7-6-12-4-2-1-3-5-12)8-9-14-15-10-18(21)22-17(15)11-16(14)20/h1-5,8-9,13-17,19-20H,6-7,10-11H2/b9-8+/t13-,14-,15-,16-,17+/m1/s1. The molecule has 118 valence electrons. The van der Waals surface area contributed by atoms with Gasteiger partial charge in [-0.3, -0.25) is 4.79 Å². The lowest BCUT2D eigenvalue weighted by Crippen LogP contribution is -2.18. The van der Waals surface area contributed by atoms with Crippen molar-refractivity contribution in [2.45, 2.75) is 44.0 Å². The molecule has 1 saturated heterocycles. The fourth-order valence-electron chi connectivity index (χ4n) is 3.50. The molecule has 5 atom stereocenters. The number of carbonyl (C=O) groups is 1. The molecule has 1 aromatic carbocycles. The van der Waals surface area contributed by atoms with E-state index in [1.54, 1.807) is 6.08 Å². The van der Waals surface area contributed by atoms with Gasteiger partial charge in [-0.1, -0.05) is 42.5 Å². The zero-order valence-corrected chi connectivity index (χ0v) is 12.5. The zero-order chi connectivity index (χ0) is 15.5. The highest BCUT2D eigenvalue weighted by Gasteiger charge is 2.48. The number of esters is 1. The van der Waals surface area contributed by atoms with E-state index in [0.29, 0.717) is 19.3 Å². The average molecular weight is 302 g/mol. The Kier molecular flexibility index (Phi) is 4.60. The maximum atomic E-state index is 11.3. The van der Waals surface area contributed by atoms with Crippen LogP contribution in [0, 0.1) is 11.8 Å². The Labute approximate surface area is 130 Å². The molecule has 0 radical (unpaired) electrons. The second-order valence-electron chi connectivity index (χ2n) is 6.25. The Morgan fingerprint density at radius 1 is 1.32 bits per heavy atom. The normalized spacial score (nSPS) is 32.2. The molecule has 4 heteroatoms. The van der Waals surface area contributed by atoms with Crippen molar-refractivity contribution in [3.63, 3.8) is 0 Å². The van der Waals surface area contributed by atoms with Crippen LogP contribution in [0.15, 0.2) is 42.5 Å². The lowest BCUT2D eigenvalue weighted by atomic mass is 9.91. The predicted molar refractivity (Wildman–Crippen MR) is 82.0 cm³/mol. The van der Waals surface area contributed by atoms with E-state index in [1.807, 2.05) is 36.4 Å². The van der Waals surface area contributed by atoms with Crippen LogP contribution >= 0.6 is 0 Å². The smallest absolute Gasteiger partial charge is 0.306 e. The zero-order valence-electron chi connectivity index (χ0n) is 12.5. The lowest BCUT2D eigenvalue weighted by Gasteiger charge is -2.15. The number of aliphatic hydroxyl groups excluding tert-OH is 2. The number of hydrogen-bond acceptors (Lipinski definition) is 4. The summed E-state index contributed by atoms with van der Waals surface area (Å²) in [5.41, 5.74) is 1.20. The number of carbonyl (C=O) groups excluding carboxylic acids is 1. The van der Waals surface area contributed by atoms with Crippen molar-refractivity contribution in [3.8, 4) is 0 Å². The van der Waals surface area contributed by atoms with Crippen LogP contribution in [0.4, 0.5) is 0 Å². The van der Waals surface area contributed by atoms with Crippen LogP contribution < -0.4 is 0 Å². The minimum absolute atomic E-state index is 0.0556. The van der Waals surface area contributed by atoms with Gasteiger partial charge in [-0.05, 0) is 18.4 Å². The molecule has 1 aromatic rings. The summed E-state index contributed by atoms with van der Waals surface area (Å²) in [4.78, 5) is 11.3. The molecule has 0 aromatic heterocycles. The first kappa shape index (κ1) is 15.3. The SMILES string of the molecule is O=C1C[C@@H]2[C@@H](/C=C/[C@H](O)CCc3ccccc3)[C@H](O)C[C@@H]2O1. The molecule has 1 saturated carbocycles. The molecule has 4 nitrogen and oxygen atoms in total. The van der Waals surface area contributed by atoms with Crippen molar-refractivity contribution in [2.75, 3.05) is 0 Å². The molecule has 2 fully saturated rings. The Morgan fingerprint density at radius 3 is 2.86 bits per heavy atom. The third-order valence-corrected chi connectivity index (χ3v) is 4.70. The van der Waals surface area contributed by atoms with Crippen molar-refractivity contribution in [1.29, 1.82) is 0 Å². The second-order valence-corrected chi connectivity index (χ2v) is 6.25. The fraction of sp³-hybridized carbons (Fsp3) is 0.500. The van der Waals surface area contributed by atoms with Gasteiger partial charge in [0.15, 0.2) is 0 Å². The molecule has 0 spiro atoms. The number of aryl methyl sites for hydroxylation is 1. The molecule has 1 heterocycles. The molecule has 2 N–H and O–H groups in total. The van der Waals surface area contributed by atoms with Gasteiger partial charge < -0.3 is 14.9 Å². The summed E-state index contributed by atoms with van der Waals surface area (Å²) in [6.45, 7) is 0. The van der Waals surface area contributed by atoms with Gasteiger partial charge in [0.1, 0.15) is 6.10 Å². The molecule has 2 aliphatic rings. The summed E-state index contributed by atoms with van der Waals surface area (Å²) in [6, 6.07) is 10.0. The van der Waals surface area contributed by atoms with Crippen LogP contribution in [-0.2, 0) is 16.0 Å². The first-order chi connectivity index (χ1) is 10.6. The number of hydrogen-bond donors (Lipinski definition) is 2. The van der Waals surface area contributed by atoms with Crippen LogP contribution in [0.25, 0.3) is 0 Å². The highest BCUT2D eigenvalue weighted by molar-refractivity contribution is 5.72. The topological polar surface area (TPSA) is 66.8 Å². The molecule has 0 unspecified atom stereocenters. The van der Waals surface area contributed by atoms with E-state index in [2.05, 4.69) is 0 Å². The van der Waals surface area contributed by atoms with Crippen LogP contribution in [0.5, 0.6) is 0 Å². The third kappa shape index (κ3) is 3.39. The van der Waals surface area contributed by atoms with Crippen LogP contribution in [0.3, 0.4) is 0 Å². The summed E-state index contributed by atoms with van der Waals surface area (Å²) in [5.74, 6) is -0.215. The Bertz CT molecular complexity index is 539. The van der Waals surface area contributed by atoms with Gasteiger partial charge in [0, 0.05) is 18.3 Å². The molecule has 1 aliphatic carbocycles. The largest absolute Gasteiger partial charge is 0.462 e. The van der Waals surface area contributed by atoms with Gasteiger partial charge >= 0.3 is 5.97 Å². The number of ether oxygens (including phenoxy) is 1. The minimum atomic E-state index is -0.538. The van der Waals surface area contributed by atoms with Crippen molar-refractivity contribution in [3.05, 3.63) is 48.0 Å².